The number of nitrogens with one attached hydrogen (secondary N) is 1. The zero-order chi connectivity index (χ0) is 16.2. The number of sulfonamides is 1. The fraction of sp³-hybridized carbons (Fsp3) is 0.214. The van der Waals surface area contributed by atoms with Gasteiger partial charge < -0.3 is 10.0 Å². The number of carbonyl (C=O) groups excluding carboxylic acids is 1. The average Bonchev–Trinajstić information content (AvgIpc) is 2.91. The summed E-state index contributed by atoms with van der Waals surface area (Å²) in [5.41, 5.74) is 0.422. The second-order valence-corrected chi connectivity index (χ2v) is 7.91. The van der Waals surface area contributed by atoms with E-state index in [0.717, 1.165) is 29.1 Å². The summed E-state index contributed by atoms with van der Waals surface area (Å²) in [6.07, 6.45) is 1.73. The van der Waals surface area contributed by atoms with Gasteiger partial charge in [-0.15, -0.1) is 11.3 Å². The van der Waals surface area contributed by atoms with Crippen LogP contribution in [0.3, 0.4) is 0 Å². The molecule has 0 atom stereocenters. The Kier molecular flexibility index (Phi) is 8.06. The number of aryl methyl sites for hydroxylation is 1. The maximum Gasteiger partial charge on any atom is 1.00 e. The largest absolute Gasteiger partial charge is 1.00 e. The third kappa shape index (κ3) is 6.10. The molecule has 0 aliphatic heterocycles. The monoisotopic (exact) mass is 380 g/mol. The van der Waals surface area contributed by atoms with Crippen molar-refractivity contribution in [2.24, 2.45) is 0 Å². The van der Waals surface area contributed by atoms with Gasteiger partial charge in [0.2, 0.25) is 10.0 Å². The van der Waals surface area contributed by atoms with E-state index in [4.69, 9.17) is 11.6 Å². The molecule has 0 aliphatic carbocycles. The Morgan fingerprint density at radius 1 is 1.22 bits per heavy atom. The number of anilines is 1. The molecule has 0 aliphatic rings. The predicted molar refractivity (Wildman–Crippen MR) is 89.3 cm³/mol. The van der Waals surface area contributed by atoms with Gasteiger partial charge in [0.15, 0.2) is 6.03 Å². The van der Waals surface area contributed by atoms with Crippen molar-refractivity contribution in [2.75, 3.05) is 5.32 Å². The predicted octanol–water partition coefficient (Wildman–Crippen LogP) is 1.65. The van der Waals surface area contributed by atoms with Crippen LogP contribution in [-0.2, 0) is 16.4 Å². The zero-order valence-electron chi connectivity index (χ0n) is 12.7. The van der Waals surface area contributed by atoms with Crippen molar-refractivity contribution in [1.29, 1.82) is 0 Å². The first-order valence-corrected chi connectivity index (χ1v) is 9.17. The molecule has 23 heavy (non-hydrogen) atoms. The number of urea groups is 1. The molecule has 0 spiro atoms. The molecule has 9 heteroatoms. The van der Waals surface area contributed by atoms with Gasteiger partial charge in [0, 0.05) is 9.90 Å². The molecule has 0 bridgehead atoms. The van der Waals surface area contributed by atoms with Crippen LogP contribution in [0.2, 0.25) is 5.02 Å². The molecule has 0 saturated carbocycles. The molecule has 0 unspecified atom stereocenters. The molecular formula is C14H14ClN2NaO3S2. The minimum Gasteiger partial charge on any atom is -0.424 e. The molecule has 2 amide bonds. The first-order chi connectivity index (χ1) is 10.4. The number of thiophene rings is 1. The Balaban J connectivity index is 0.00000264. The van der Waals surface area contributed by atoms with Gasteiger partial charge in [-0.3, -0.25) is 4.79 Å². The van der Waals surface area contributed by atoms with Gasteiger partial charge >= 0.3 is 29.6 Å². The number of hydrogen-bond acceptors (Lipinski definition) is 4. The molecular weight excluding hydrogens is 367 g/mol. The number of halogens is 1. The molecule has 0 radical (unpaired) electrons. The molecule has 118 valence electrons. The van der Waals surface area contributed by atoms with Crippen LogP contribution in [0, 0.1) is 0 Å². The van der Waals surface area contributed by atoms with Crippen LogP contribution >= 0.6 is 22.9 Å². The number of amides is 2. The van der Waals surface area contributed by atoms with E-state index >= 15 is 0 Å². The molecule has 1 aromatic heterocycles. The van der Waals surface area contributed by atoms with Gasteiger partial charge in [-0.1, -0.05) is 37.1 Å². The number of rotatable bonds is 5. The topological polar surface area (TPSA) is 77.3 Å². The third-order valence-electron chi connectivity index (χ3n) is 2.69. The van der Waals surface area contributed by atoms with Crippen LogP contribution in [0.1, 0.15) is 18.2 Å². The van der Waals surface area contributed by atoms with Crippen molar-refractivity contribution in [2.45, 2.75) is 24.0 Å². The van der Waals surface area contributed by atoms with Gasteiger partial charge in [0.05, 0.1) is 0 Å². The number of hydrogen-bond donors (Lipinski definition) is 1. The van der Waals surface area contributed by atoms with Gasteiger partial charge in [0.25, 0.3) is 0 Å². The Hall–Kier alpha value is -0.570. The van der Waals surface area contributed by atoms with E-state index in [9.17, 15) is 13.2 Å². The van der Waals surface area contributed by atoms with E-state index in [1.54, 1.807) is 30.3 Å². The molecule has 1 heterocycles. The SMILES string of the molecule is CCCc1ccc(S(=O)(=O)[N-]C(=O)Nc2ccc(Cl)cc2)s1.[Na+]. The summed E-state index contributed by atoms with van der Waals surface area (Å²) in [6, 6.07) is 8.58. The summed E-state index contributed by atoms with van der Waals surface area (Å²) in [4.78, 5) is 12.7. The standard InChI is InChI=1S/C14H15ClN2O3S2.Na/c1-2-3-12-8-9-13(21-12)22(19,20)17-14(18)16-11-6-4-10(15)5-7-11;/h4-9H,2-3H2,1H3,(H2,16,17,18);/q;+1/p-1. The maximum absolute atomic E-state index is 12.1. The molecule has 2 aromatic rings. The van der Waals surface area contributed by atoms with Crippen LogP contribution in [0.15, 0.2) is 40.6 Å². The first-order valence-electron chi connectivity index (χ1n) is 6.54. The molecule has 0 saturated heterocycles. The van der Waals surface area contributed by atoms with Crippen molar-refractivity contribution in [3.63, 3.8) is 0 Å². The first kappa shape index (κ1) is 20.5. The van der Waals surface area contributed by atoms with Crippen molar-refractivity contribution in [3.05, 3.63) is 51.0 Å². The van der Waals surface area contributed by atoms with Crippen LogP contribution in [-0.4, -0.2) is 14.4 Å². The van der Waals surface area contributed by atoms with Crippen molar-refractivity contribution >= 4 is 44.7 Å². The summed E-state index contributed by atoms with van der Waals surface area (Å²) in [7, 11) is -3.98. The maximum atomic E-state index is 12.1. The van der Waals surface area contributed by atoms with Gasteiger partial charge in [-0.25, -0.2) is 8.42 Å². The number of carbonyl (C=O) groups is 1. The number of nitrogens with zero attached hydrogens (tertiary/aromatic N) is 1. The zero-order valence-corrected chi connectivity index (χ0v) is 17.1. The minimum absolute atomic E-state index is 0. The van der Waals surface area contributed by atoms with Crippen LogP contribution < -0.4 is 34.9 Å². The number of benzene rings is 1. The summed E-state index contributed by atoms with van der Waals surface area (Å²) < 4.78 is 27.5. The molecule has 1 aromatic carbocycles. The normalized spacial score (nSPS) is 10.7. The molecule has 2 rings (SSSR count). The second-order valence-electron chi connectivity index (χ2n) is 4.47. The smallest absolute Gasteiger partial charge is 0.424 e. The van der Waals surface area contributed by atoms with Crippen LogP contribution in [0.5, 0.6) is 0 Å². The average molecular weight is 381 g/mol. The van der Waals surface area contributed by atoms with E-state index in [0.29, 0.717) is 10.7 Å². The fourth-order valence-corrected chi connectivity index (χ4v) is 4.12. The van der Waals surface area contributed by atoms with E-state index in [2.05, 4.69) is 10.0 Å². The van der Waals surface area contributed by atoms with E-state index in [-0.39, 0.29) is 33.8 Å². The Morgan fingerprint density at radius 3 is 2.48 bits per heavy atom. The molecule has 0 fully saturated rings. The van der Waals surface area contributed by atoms with E-state index in [1.165, 1.54) is 6.07 Å². The van der Waals surface area contributed by atoms with Crippen LogP contribution in [0.4, 0.5) is 10.5 Å². The summed E-state index contributed by atoms with van der Waals surface area (Å²) in [5.74, 6) is 0. The van der Waals surface area contributed by atoms with E-state index < -0.39 is 16.1 Å². The summed E-state index contributed by atoms with van der Waals surface area (Å²) >= 11 is 6.87. The fourth-order valence-electron chi connectivity index (χ4n) is 1.71. The third-order valence-corrected chi connectivity index (χ3v) is 5.81. The minimum atomic E-state index is -3.98. The Morgan fingerprint density at radius 2 is 1.87 bits per heavy atom. The molecule has 1 N–H and O–H groups in total. The Bertz CT molecular complexity index is 761. The van der Waals surface area contributed by atoms with Crippen LogP contribution in [0.25, 0.3) is 4.72 Å². The van der Waals surface area contributed by atoms with Gasteiger partial charge in [-0.2, -0.15) is 0 Å². The van der Waals surface area contributed by atoms with Crippen molar-refractivity contribution < 1.29 is 42.8 Å². The molecule has 5 nitrogen and oxygen atoms in total. The van der Waals surface area contributed by atoms with Crippen molar-refractivity contribution in [1.82, 2.24) is 0 Å². The summed E-state index contributed by atoms with van der Waals surface area (Å²) in [6.45, 7) is 2.01. The van der Waals surface area contributed by atoms with Gasteiger partial charge in [0.1, 0.15) is 4.21 Å². The van der Waals surface area contributed by atoms with E-state index in [1.807, 2.05) is 6.92 Å². The second kappa shape index (κ2) is 9.05. The quantitative estimate of drug-likeness (QED) is 0.801. The van der Waals surface area contributed by atoms with Gasteiger partial charge in [-0.05, 0) is 36.4 Å². The van der Waals surface area contributed by atoms with Crippen molar-refractivity contribution in [3.8, 4) is 0 Å². The Labute approximate surface area is 166 Å². The summed E-state index contributed by atoms with van der Waals surface area (Å²) in [5, 5.41) is 2.91.